The van der Waals surface area contributed by atoms with Gasteiger partial charge in [-0.2, -0.15) is 0 Å². The molecule has 3 aliphatic rings. The van der Waals surface area contributed by atoms with Crippen molar-refractivity contribution in [3.05, 3.63) is 0 Å². The van der Waals surface area contributed by atoms with Crippen molar-refractivity contribution in [2.24, 2.45) is 0 Å². The summed E-state index contributed by atoms with van der Waals surface area (Å²) in [6.07, 6.45) is -0.505. The van der Waals surface area contributed by atoms with Gasteiger partial charge in [0.15, 0.2) is 12.1 Å². The highest BCUT2D eigenvalue weighted by Gasteiger charge is 2.66. The number of fused-ring (bicyclic) bond motifs is 3. The van der Waals surface area contributed by atoms with Crippen molar-refractivity contribution in [2.45, 2.75) is 50.6 Å². The fraction of sp³-hybridized carbons (Fsp3) is 0.909. The summed E-state index contributed by atoms with van der Waals surface area (Å²) in [5.41, 5.74) is -0.475. The molecule has 0 bridgehead atoms. The fourth-order valence-electron chi connectivity index (χ4n) is 2.68. The summed E-state index contributed by atoms with van der Waals surface area (Å²) in [7, 11) is 0. The third kappa shape index (κ3) is 1.67. The van der Waals surface area contributed by atoms with E-state index in [9.17, 15) is 4.79 Å². The summed E-state index contributed by atoms with van der Waals surface area (Å²) in [6.45, 7) is 6.02. The second kappa shape index (κ2) is 3.41. The Morgan fingerprint density at radius 3 is 2.76 bits per heavy atom. The van der Waals surface area contributed by atoms with Gasteiger partial charge < -0.3 is 24.3 Å². The number of carbonyl (C=O) groups excluding carboxylic acids is 1. The summed E-state index contributed by atoms with van der Waals surface area (Å²) < 4.78 is 22.4. The van der Waals surface area contributed by atoms with E-state index in [0.29, 0.717) is 6.54 Å². The van der Waals surface area contributed by atoms with E-state index in [1.807, 2.05) is 13.8 Å². The lowest BCUT2D eigenvalue weighted by Gasteiger charge is -2.45. The molecule has 3 rings (SSSR count). The predicted molar refractivity (Wildman–Crippen MR) is 56.1 cm³/mol. The maximum atomic E-state index is 10.9. The van der Waals surface area contributed by atoms with Crippen LogP contribution in [0.4, 0.5) is 0 Å². The molecular formula is C11H17NO5. The molecule has 0 unspecified atom stereocenters. The molecule has 0 aromatic heterocycles. The molecule has 17 heavy (non-hydrogen) atoms. The first-order valence-electron chi connectivity index (χ1n) is 5.82. The average molecular weight is 243 g/mol. The van der Waals surface area contributed by atoms with Crippen LogP contribution in [0.2, 0.25) is 0 Å². The monoisotopic (exact) mass is 243 g/mol. The lowest BCUT2D eigenvalue weighted by molar-refractivity contribution is -0.248. The molecule has 0 aromatic rings. The number of hydrogen-bond acceptors (Lipinski definition) is 6. The topological polar surface area (TPSA) is 66.0 Å². The maximum Gasteiger partial charge on any atom is 0.302 e. The van der Waals surface area contributed by atoms with Crippen LogP contribution in [0.15, 0.2) is 0 Å². The Morgan fingerprint density at radius 2 is 2.18 bits per heavy atom. The third-order valence-corrected chi connectivity index (χ3v) is 3.48. The molecule has 3 fully saturated rings. The lowest BCUT2D eigenvalue weighted by Crippen LogP contribution is -2.71. The van der Waals surface area contributed by atoms with Crippen LogP contribution in [-0.2, 0) is 23.7 Å². The van der Waals surface area contributed by atoms with Gasteiger partial charge in [0.2, 0.25) is 0 Å². The Morgan fingerprint density at radius 1 is 1.41 bits per heavy atom. The minimum absolute atomic E-state index is 0.0358. The number of hydrogen-bond donors (Lipinski definition) is 1. The predicted octanol–water partition coefficient (Wildman–Crippen LogP) is -0.232. The van der Waals surface area contributed by atoms with Crippen LogP contribution >= 0.6 is 0 Å². The van der Waals surface area contributed by atoms with Crippen molar-refractivity contribution < 1.29 is 23.7 Å². The van der Waals surface area contributed by atoms with E-state index >= 15 is 0 Å². The number of ether oxygens (including phenoxy) is 4. The second-order valence-electron chi connectivity index (χ2n) is 5.29. The number of nitrogens with one attached hydrogen (secondary N) is 1. The van der Waals surface area contributed by atoms with Gasteiger partial charge in [0.1, 0.15) is 18.3 Å². The third-order valence-electron chi connectivity index (χ3n) is 3.48. The zero-order valence-electron chi connectivity index (χ0n) is 10.2. The Balaban J connectivity index is 1.70. The molecule has 96 valence electrons. The smallest absolute Gasteiger partial charge is 0.302 e. The van der Waals surface area contributed by atoms with E-state index in [1.54, 1.807) is 0 Å². The van der Waals surface area contributed by atoms with Crippen LogP contribution in [0.3, 0.4) is 0 Å². The first-order valence-corrected chi connectivity index (χ1v) is 5.82. The highest BCUT2D eigenvalue weighted by atomic mass is 16.8. The van der Waals surface area contributed by atoms with Gasteiger partial charge in [-0.25, -0.2) is 0 Å². The van der Waals surface area contributed by atoms with Crippen LogP contribution in [0.5, 0.6) is 0 Å². The molecule has 0 aliphatic carbocycles. The van der Waals surface area contributed by atoms with Crippen LogP contribution < -0.4 is 5.32 Å². The molecule has 3 aliphatic heterocycles. The average Bonchev–Trinajstić information content (AvgIpc) is 2.53. The molecule has 1 N–H and O–H groups in total. The van der Waals surface area contributed by atoms with Gasteiger partial charge >= 0.3 is 5.97 Å². The molecule has 6 heteroatoms. The van der Waals surface area contributed by atoms with E-state index in [1.165, 1.54) is 6.92 Å². The number of esters is 1. The molecule has 0 saturated carbocycles. The van der Waals surface area contributed by atoms with Gasteiger partial charge in [-0.1, -0.05) is 0 Å². The summed E-state index contributed by atoms with van der Waals surface area (Å²) >= 11 is 0. The largest absolute Gasteiger partial charge is 0.463 e. The minimum atomic E-state index is -0.611. The minimum Gasteiger partial charge on any atom is -0.463 e. The summed E-state index contributed by atoms with van der Waals surface area (Å²) in [4.78, 5) is 10.9. The molecule has 3 saturated heterocycles. The van der Waals surface area contributed by atoms with Gasteiger partial charge in [-0.3, -0.25) is 4.79 Å². The van der Waals surface area contributed by atoms with Crippen molar-refractivity contribution in [2.75, 3.05) is 13.2 Å². The second-order valence-corrected chi connectivity index (χ2v) is 5.29. The fourth-order valence-corrected chi connectivity index (χ4v) is 2.68. The zero-order chi connectivity index (χ0) is 12.3. The first-order chi connectivity index (χ1) is 7.92. The Kier molecular flexibility index (Phi) is 2.29. The standard InChI is InChI=1S/C11H17NO5/c1-6(13)14-5-11-4-12-8(11)7-9(17-11)16-10(2,3)15-7/h7-9,12H,4-5H2,1-3H3/t7-,8+,9+,11-/m1/s1. The van der Waals surface area contributed by atoms with E-state index < -0.39 is 11.4 Å². The number of rotatable bonds is 2. The van der Waals surface area contributed by atoms with E-state index in [2.05, 4.69) is 5.32 Å². The van der Waals surface area contributed by atoms with E-state index in [4.69, 9.17) is 18.9 Å². The molecule has 0 aromatic carbocycles. The Labute approximate surface area is 99.5 Å². The lowest BCUT2D eigenvalue weighted by atomic mass is 9.85. The van der Waals surface area contributed by atoms with Crippen molar-refractivity contribution in [3.63, 3.8) is 0 Å². The van der Waals surface area contributed by atoms with Crippen molar-refractivity contribution >= 4 is 5.97 Å². The molecule has 3 heterocycles. The molecule has 4 atom stereocenters. The maximum absolute atomic E-state index is 10.9. The quantitative estimate of drug-likeness (QED) is 0.676. The highest BCUT2D eigenvalue weighted by molar-refractivity contribution is 5.66. The van der Waals surface area contributed by atoms with Crippen LogP contribution in [0.25, 0.3) is 0 Å². The van der Waals surface area contributed by atoms with E-state index in [0.717, 1.165) is 0 Å². The van der Waals surface area contributed by atoms with Gasteiger partial charge in [0.05, 0.1) is 6.04 Å². The number of carbonyl (C=O) groups is 1. The highest BCUT2D eigenvalue weighted by Crippen LogP contribution is 2.45. The molecule has 0 radical (unpaired) electrons. The van der Waals surface area contributed by atoms with Crippen molar-refractivity contribution in [3.8, 4) is 0 Å². The van der Waals surface area contributed by atoms with Gasteiger partial charge in [0, 0.05) is 13.5 Å². The van der Waals surface area contributed by atoms with Gasteiger partial charge in [-0.05, 0) is 13.8 Å². The van der Waals surface area contributed by atoms with Gasteiger partial charge in [-0.15, -0.1) is 0 Å². The Bertz CT molecular complexity index is 358. The van der Waals surface area contributed by atoms with Crippen molar-refractivity contribution in [1.82, 2.24) is 5.32 Å². The normalized spacial score (nSPS) is 45.9. The van der Waals surface area contributed by atoms with E-state index in [-0.39, 0.29) is 31.0 Å². The summed E-state index contributed by atoms with van der Waals surface area (Å²) in [5.74, 6) is -0.909. The summed E-state index contributed by atoms with van der Waals surface area (Å²) in [6, 6.07) is 0.0358. The SMILES string of the molecule is CC(=O)OC[C@]12CN[C@H]1[C@H]1OC(C)(C)O[C@H]1O2. The Hall–Kier alpha value is -0.690. The first kappa shape index (κ1) is 11.4. The molecule has 0 spiro atoms. The molecular weight excluding hydrogens is 226 g/mol. The van der Waals surface area contributed by atoms with Gasteiger partial charge in [0.25, 0.3) is 0 Å². The zero-order valence-corrected chi connectivity index (χ0v) is 10.2. The van der Waals surface area contributed by atoms with Crippen LogP contribution in [0.1, 0.15) is 20.8 Å². The molecule has 0 amide bonds. The summed E-state index contributed by atoms with van der Waals surface area (Å²) in [5, 5.41) is 3.26. The molecule has 6 nitrogen and oxygen atoms in total. The van der Waals surface area contributed by atoms with Crippen LogP contribution in [-0.4, -0.2) is 48.9 Å². The van der Waals surface area contributed by atoms with Crippen molar-refractivity contribution in [1.29, 1.82) is 0 Å². The van der Waals surface area contributed by atoms with Crippen LogP contribution in [0, 0.1) is 0 Å².